The summed E-state index contributed by atoms with van der Waals surface area (Å²) in [6.07, 6.45) is -12.0. The Morgan fingerprint density at radius 2 is 1.45 bits per heavy atom. The van der Waals surface area contributed by atoms with Crippen molar-refractivity contribution in [2.75, 3.05) is 13.2 Å². The summed E-state index contributed by atoms with van der Waals surface area (Å²) in [7, 11) is 0. The maximum atomic E-state index is 13.8. The zero-order valence-electron chi connectivity index (χ0n) is 33.7. The Kier molecular flexibility index (Phi) is 10.8. The summed E-state index contributed by atoms with van der Waals surface area (Å²) in [5, 5.41) is 108. The maximum Gasteiger partial charge on any atom is 0.313 e. The van der Waals surface area contributed by atoms with Gasteiger partial charge in [0.25, 0.3) is 0 Å². The molecule has 0 aromatic carbocycles. The van der Waals surface area contributed by atoms with Crippen molar-refractivity contribution < 1.29 is 74.8 Å². The van der Waals surface area contributed by atoms with Crippen molar-refractivity contribution in [1.29, 1.82) is 0 Å². The summed E-state index contributed by atoms with van der Waals surface area (Å²) in [4.78, 5) is 13.8. The molecule has 0 aromatic heterocycles. The van der Waals surface area contributed by atoms with Crippen LogP contribution in [0, 0.1) is 50.2 Å². The van der Waals surface area contributed by atoms with Crippen LogP contribution in [0.3, 0.4) is 0 Å². The van der Waals surface area contributed by atoms with Crippen molar-refractivity contribution in [2.45, 2.75) is 173 Å². The maximum absolute atomic E-state index is 13.8. The lowest BCUT2D eigenvalue weighted by Crippen LogP contribution is -2.70. The van der Waals surface area contributed by atoms with E-state index in [-0.39, 0.29) is 31.3 Å². The third-order valence-corrected chi connectivity index (χ3v) is 17.0. The topological polar surface area (TPSA) is 256 Å². The molecular formula is C41H66O15. The molecule has 5 aliphatic carbocycles. The largest absolute Gasteiger partial charge is 0.481 e. The smallest absolute Gasteiger partial charge is 0.313 e. The molecule has 0 bridgehead atoms. The first-order valence-corrected chi connectivity index (χ1v) is 20.5. The van der Waals surface area contributed by atoms with Gasteiger partial charge in [-0.1, -0.05) is 60.1 Å². The van der Waals surface area contributed by atoms with Gasteiger partial charge in [-0.3, -0.25) is 4.79 Å². The average Bonchev–Trinajstić information content (AvgIpc) is 3.11. The summed E-state index contributed by atoms with van der Waals surface area (Å²) in [5.41, 5.74) is -3.41. The Morgan fingerprint density at radius 1 is 0.786 bits per heavy atom. The number of carbonyl (C=O) groups is 1. The van der Waals surface area contributed by atoms with Gasteiger partial charge in [0.15, 0.2) is 12.6 Å². The molecular weight excluding hydrogens is 732 g/mol. The molecule has 320 valence electrons. The van der Waals surface area contributed by atoms with Crippen molar-refractivity contribution in [2.24, 2.45) is 50.2 Å². The van der Waals surface area contributed by atoms with Gasteiger partial charge in [0.05, 0.1) is 37.6 Å². The van der Waals surface area contributed by atoms with Gasteiger partial charge >= 0.3 is 5.97 Å². The second-order valence-corrected chi connectivity index (χ2v) is 20.5. The van der Waals surface area contributed by atoms with Crippen LogP contribution in [0.4, 0.5) is 0 Å². The van der Waals surface area contributed by atoms with Crippen molar-refractivity contribution in [3.63, 3.8) is 0 Å². The minimum Gasteiger partial charge on any atom is -0.481 e. The van der Waals surface area contributed by atoms with Gasteiger partial charge in [-0.15, -0.1) is 0 Å². The van der Waals surface area contributed by atoms with Gasteiger partial charge in [-0.05, 0) is 89.8 Å². The van der Waals surface area contributed by atoms with Crippen molar-refractivity contribution in [3.8, 4) is 0 Å². The highest BCUT2D eigenvalue weighted by Crippen LogP contribution is 2.76. The number of allylic oxidation sites excluding steroid dienone is 2. The first-order valence-electron chi connectivity index (χ1n) is 20.5. The van der Waals surface area contributed by atoms with Crippen LogP contribution in [0.25, 0.3) is 0 Å². The van der Waals surface area contributed by atoms with Crippen LogP contribution in [-0.4, -0.2) is 150 Å². The summed E-state index contributed by atoms with van der Waals surface area (Å²) in [6, 6.07) is 0. The predicted octanol–water partition coefficient (Wildman–Crippen LogP) is 0.434. The molecule has 2 saturated heterocycles. The molecule has 7 rings (SSSR count). The van der Waals surface area contributed by atoms with E-state index in [4.69, 9.17) is 18.9 Å². The number of aliphatic hydroxyl groups is 9. The quantitative estimate of drug-likeness (QED) is 0.129. The Balaban J connectivity index is 1.25. The van der Waals surface area contributed by atoms with E-state index in [1.54, 1.807) is 0 Å². The Labute approximate surface area is 328 Å². The monoisotopic (exact) mass is 798 g/mol. The number of carboxylic acids is 1. The van der Waals surface area contributed by atoms with E-state index in [2.05, 4.69) is 26.8 Å². The molecule has 0 aromatic rings. The van der Waals surface area contributed by atoms with E-state index >= 15 is 0 Å². The number of ether oxygens (including phenoxy) is 4. The van der Waals surface area contributed by atoms with E-state index in [0.29, 0.717) is 19.3 Å². The third kappa shape index (κ3) is 5.96. The average molecular weight is 799 g/mol. The molecule has 0 amide bonds. The van der Waals surface area contributed by atoms with E-state index in [1.165, 1.54) is 0 Å². The van der Waals surface area contributed by atoms with Gasteiger partial charge < -0.3 is 70.0 Å². The zero-order valence-corrected chi connectivity index (χ0v) is 33.7. The van der Waals surface area contributed by atoms with E-state index in [1.807, 2.05) is 27.7 Å². The van der Waals surface area contributed by atoms with E-state index in [0.717, 1.165) is 18.4 Å². The van der Waals surface area contributed by atoms with Crippen LogP contribution >= 0.6 is 0 Å². The summed E-state index contributed by atoms with van der Waals surface area (Å²) >= 11 is 0. The molecule has 2 unspecified atom stereocenters. The minimum absolute atomic E-state index is 0.00104. The number of carboxylic acid groups (broad SMARTS) is 1. The molecule has 4 saturated carbocycles. The zero-order chi connectivity index (χ0) is 41.3. The highest BCUT2D eigenvalue weighted by Gasteiger charge is 2.73. The lowest BCUT2D eigenvalue weighted by atomic mass is 9.33. The van der Waals surface area contributed by atoms with Gasteiger partial charge in [-0.2, -0.15) is 0 Å². The van der Waals surface area contributed by atoms with Crippen molar-refractivity contribution >= 4 is 5.97 Å². The first-order chi connectivity index (χ1) is 25.9. The number of fused-ring (bicyclic) bond motifs is 7. The lowest BCUT2D eigenvalue weighted by Gasteiger charge is -2.72. The molecule has 2 aliphatic heterocycles. The highest BCUT2D eigenvalue weighted by atomic mass is 16.7. The molecule has 10 N–H and O–H groups in total. The van der Waals surface area contributed by atoms with Crippen molar-refractivity contribution in [3.05, 3.63) is 11.6 Å². The summed E-state index contributed by atoms with van der Waals surface area (Å²) in [6.45, 7) is 13.7. The summed E-state index contributed by atoms with van der Waals surface area (Å²) in [5.74, 6) is -1.65. The fraction of sp³-hybridized carbons (Fsp3) is 0.927. The molecule has 2 heterocycles. The molecule has 0 radical (unpaired) electrons. The third-order valence-electron chi connectivity index (χ3n) is 17.0. The lowest BCUT2D eigenvalue weighted by molar-refractivity contribution is -0.342. The highest BCUT2D eigenvalue weighted by molar-refractivity contribution is 5.78. The van der Waals surface area contributed by atoms with Gasteiger partial charge in [-0.25, -0.2) is 0 Å². The fourth-order valence-electron chi connectivity index (χ4n) is 13.6. The van der Waals surface area contributed by atoms with E-state index < -0.39 is 131 Å². The number of rotatable bonds is 6. The standard InChI is InChI=1S/C41H66O15/c1-36(2)12-19-18-8-9-24-38(5)13-20(43)32(56-34-31(50)29(48)28(47)22(16-42)54-34)37(3,4)23(38)10-11-39(24,6)40(18,7)15-26(41(19,35(51)52)14-25(36)45)55-33-30(49)27(46)21(44)17-53-33/h8,19-34,42-50H,9-17H2,1-7H3,(H,51,52)/t19?,20-,21+,22+,23-,24?,25-,26-,27-,28+,29-,30+,31+,32-,33-,34-,38-,39+,40+,41+/m0/s1. The molecule has 15 heteroatoms. The van der Waals surface area contributed by atoms with Gasteiger partial charge in [0.2, 0.25) is 0 Å². The Hall–Kier alpha value is -1.31. The molecule has 7 aliphatic rings. The van der Waals surface area contributed by atoms with Crippen LogP contribution in [0.15, 0.2) is 11.6 Å². The Bertz CT molecular complexity index is 1540. The predicted molar refractivity (Wildman–Crippen MR) is 196 cm³/mol. The minimum atomic E-state index is -1.63. The number of hydrogen-bond acceptors (Lipinski definition) is 14. The SMILES string of the molecule is CC1(C)CC2C3=CCC4[C@@]5(C)C[C@H](O)[C@H](O[C@@H]6O[C@H](CO)[C@@H](O)[C@H](O)[C@H]6O)C(C)(C)[C@@H]5CC[C@@]4(C)[C@]3(C)C[C@H](O[C@@H]3OC[C@@H](O)[C@H](O)[C@H]3O)[C@@]2(C(=O)O)C[C@@H]1O. The number of hydrogen-bond donors (Lipinski definition) is 10. The first kappa shape index (κ1) is 42.8. The summed E-state index contributed by atoms with van der Waals surface area (Å²) < 4.78 is 24.3. The second-order valence-electron chi connectivity index (χ2n) is 20.5. The second kappa shape index (κ2) is 14.1. The van der Waals surface area contributed by atoms with E-state index in [9.17, 15) is 55.9 Å². The molecule has 20 atom stereocenters. The molecule has 56 heavy (non-hydrogen) atoms. The van der Waals surface area contributed by atoms with Gasteiger partial charge in [0, 0.05) is 0 Å². The van der Waals surface area contributed by atoms with Crippen molar-refractivity contribution in [1.82, 2.24) is 0 Å². The van der Waals surface area contributed by atoms with Crippen LogP contribution < -0.4 is 0 Å². The van der Waals surface area contributed by atoms with Crippen LogP contribution in [-0.2, 0) is 23.7 Å². The van der Waals surface area contributed by atoms with Crippen LogP contribution in [0.2, 0.25) is 0 Å². The molecule has 0 spiro atoms. The Morgan fingerprint density at radius 3 is 2.09 bits per heavy atom. The number of aliphatic carboxylic acids is 1. The molecule has 6 fully saturated rings. The fourth-order valence-corrected chi connectivity index (χ4v) is 13.6. The normalized spacial score (nSPS) is 55.1. The van der Waals surface area contributed by atoms with Crippen LogP contribution in [0.5, 0.6) is 0 Å². The molecule has 15 nitrogen and oxygen atoms in total. The van der Waals surface area contributed by atoms with Crippen LogP contribution in [0.1, 0.15) is 93.4 Å². The van der Waals surface area contributed by atoms with Gasteiger partial charge in [0.1, 0.15) is 48.1 Å². The number of aliphatic hydroxyl groups excluding tert-OH is 9.